The Kier molecular flexibility index (Phi) is 46.5. The molecule has 0 fully saturated rings. The maximum absolute atomic E-state index is 12.5. The molecule has 0 bridgehead atoms. The van der Waals surface area contributed by atoms with Crippen LogP contribution in [0, 0.1) is 0 Å². The fraction of sp³-hybridized carbons (Fsp3) is 0.904. The molecule has 0 aromatic heterocycles. The number of aliphatic hydroxyl groups excluding tert-OH is 3. The highest BCUT2D eigenvalue weighted by Crippen LogP contribution is 2.17. The average molecular weight is 804 g/mol. The second kappa shape index (κ2) is 47.5. The quantitative estimate of drug-likeness (QED) is 0.0364. The van der Waals surface area contributed by atoms with Crippen LogP contribution in [0.4, 0.5) is 0 Å². The lowest BCUT2D eigenvalue weighted by atomic mass is 10.0. The van der Waals surface area contributed by atoms with Crippen molar-refractivity contribution < 1.29 is 20.1 Å². The molecule has 3 atom stereocenters. The highest BCUT2D eigenvalue weighted by molar-refractivity contribution is 5.76. The summed E-state index contributed by atoms with van der Waals surface area (Å²) in [5, 5.41) is 33.6. The molecule has 0 radical (unpaired) electrons. The first-order chi connectivity index (χ1) is 28.1. The Morgan fingerprint density at radius 2 is 0.719 bits per heavy atom. The van der Waals surface area contributed by atoms with E-state index in [4.69, 9.17) is 0 Å². The number of nitrogens with one attached hydrogen (secondary N) is 1. The molecule has 0 aliphatic carbocycles. The third kappa shape index (κ3) is 42.8. The minimum Gasteiger partial charge on any atom is -0.394 e. The smallest absolute Gasteiger partial charge is 0.220 e. The summed E-state index contributed by atoms with van der Waals surface area (Å²) in [7, 11) is 0. The van der Waals surface area contributed by atoms with Crippen LogP contribution in [0.1, 0.15) is 277 Å². The molecule has 5 nitrogen and oxygen atoms in total. The van der Waals surface area contributed by atoms with Crippen molar-refractivity contribution in [1.29, 1.82) is 0 Å². The van der Waals surface area contributed by atoms with Crippen molar-refractivity contribution in [3.63, 3.8) is 0 Å². The summed E-state index contributed by atoms with van der Waals surface area (Å²) in [6, 6.07) is -0.829. The van der Waals surface area contributed by atoms with Crippen molar-refractivity contribution in [2.45, 2.75) is 295 Å². The highest BCUT2D eigenvalue weighted by Gasteiger charge is 2.26. The number of carbonyl (C=O) groups is 1. The van der Waals surface area contributed by atoms with Crippen molar-refractivity contribution in [3.8, 4) is 0 Å². The number of carbonyl (C=O) groups excluding carboxylic acids is 1. The average Bonchev–Trinajstić information content (AvgIpc) is 3.22. The zero-order chi connectivity index (χ0) is 41.5. The van der Waals surface area contributed by atoms with Gasteiger partial charge in [-0.2, -0.15) is 0 Å². The standard InChI is InChI=1S/C52H101NO4/c1-3-5-7-9-11-13-15-17-19-20-21-22-23-24-25-26-27-28-29-30-31-33-35-37-39-41-43-45-47-51(56)53-49(48-54)52(57)50(55)46-44-42-40-38-36-34-32-18-16-14-12-10-8-6-4-2/h18,32,38,40,49-50,52,54-55,57H,3-17,19-31,33-37,39,41-48H2,1-2H3,(H,53,56)/b32-18+,40-38+. The number of amides is 1. The minimum absolute atomic E-state index is 0.154. The minimum atomic E-state index is -1.16. The Bertz CT molecular complexity index is 844. The molecule has 0 heterocycles. The van der Waals surface area contributed by atoms with Gasteiger partial charge in [0.1, 0.15) is 6.10 Å². The van der Waals surface area contributed by atoms with Gasteiger partial charge in [0, 0.05) is 6.42 Å². The van der Waals surface area contributed by atoms with Crippen LogP contribution in [-0.4, -0.2) is 46.1 Å². The van der Waals surface area contributed by atoms with Gasteiger partial charge >= 0.3 is 0 Å². The van der Waals surface area contributed by atoms with Crippen LogP contribution in [0.25, 0.3) is 0 Å². The molecule has 0 aromatic carbocycles. The summed E-state index contributed by atoms with van der Waals surface area (Å²) < 4.78 is 0. The number of aliphatic hydroxyl groups is 3. The molecule has 0 aromatic rings. The Hall–Kier alpha value is -1.17. The molecule has 1 amide bonds. The second-order valence-electron chi connectivity index (χ2n) is 17.7. The van der Waals surface area contributed by atoms with Crippen molar-refractivity contribution in [3.05, 3.63) is 24.3 Å². The van der Waals surface area contributed by atoms with E-state index in [1.54, 1.807) is 0 Å². The van der Waals surface area contributed by atoms with Gasteiger partial charge < -0.3 is 20.6 Å². The van der Waals surface area contributed by atoms with Gasteiger partial charge in [0.05, 0.1) is 18.8 Å². The first-order valence-corrected chi connectivity index (χ1v) is 25.6. The van der Waals surface area contributed by atoms with Gasteiger partial charge in [-0.3, -0.25) is 4.79 Å². The maximum Gasteiger partial charge on any atom is 0.220 e. The van der Waals surface area contributed by atoms with Gasteiger partial charge in [-0.1, -0.05) is 244 Å². The molecule has 0 spiro atoms. The van der Waals surface area contributed by atoms with Crippen LogP contribution in [0.2, 0.25) is 0 Å². The summed E-state index contributed by atoms with van der Waals surface area (Å²) in [6.45, 7) is 4.17. The normalized spacial score (nSPS) is 13.6. The summed E-state index contributed by atoms with van der Waals surface area (Å²) >= 11 is 0. The Morgan fingerprint density at radius 1 is 0.421 bits per heavy atom. The van der Waals surface area contributed by atoms with E-state index in [1.807, 2.05) is 0 Å². The number of unbranched alkanes of at least 4 members (excludes halogenated alkanes) is 35. The Morgan fingerprint density at radius 3 is 1.07 bits per heavy atom. The highest BCUT2D eigenvalue weighted by atomic mass is 16.3. The van der Waals surface area contributed by atoms with Crippen LogP contribution in [0.5, 0.6) is 0 Å². The number of hydrogen-bond acceptors (Lipinski definition) is 4. The van der Waals surface area contributed by atoms with Crippen LogP contribution >= 0.6 is 0 Å². The third-order valence-corrected chi connectivity index (χ3v) is 12.0. The lowest BCUT2D eigenvalue weighted by Gasteiger charge is -2.26. The number of rotatable bonds is 47. The number of hydrogen-bond donors (Lipinski definition) is 4. The Labute approximate surface area is 356 Å². The Balaban J connectivity index is 3.54. The number of allylic oxidation sites excluding steroid dienone is 4. The van der Waals surface area contributed by atoms with Crippen molar-refractivity contribution in [2.75, 3.05) is 6.61 Å². The van der Waals surface area contributed by atoms with Crippen LogP contribution < -0.4 is 5.32 Å². The van der Waals surface area contributed by atoms with E-state index in [1.165, 1.54) is 205 Å². The molecule has 57 heavy (non-hydrogen) atoms. The van der Waals surface area contributed by atoms with E-state index < -0.39 is 18.2 Å². The van der Waals surface area contributed by atoms with E-state index in [0.717, 1.165) is 44.9 Å². The second-order valence-corrected chi connectivity index (χ2v) is 17.7. The van der Waals surface area contributed by atoms with Crippen molar-refractivity contribution >= 4 is 5.91 Å². The molecule has 4 N–H and O–H groups in total. The van der Waals surface area contributed by atoms with Crippen LogP contribution in [0.15, 0.2) is 24.3 Å². The fourth-order valence-corrected chi connectivity index (χ4v) is 8.06. The molecule has 0 aliphatic heterocycles. The predicted octanol–water partition coefficient (Wildman–Crippen LogP) is 15.3. The molecule has 5 heteroatoms. The van der Waals surface area contributed by atoms with Gasteiger partial charge in [-0.15, -0.1) is 0 Å². The lowest BCUT2D eigenvalue weighted by molar-refractivity contribution is -0.124. The van der Waals surface area contributed by atoms with E-state index in [9.17, 15) is 20.1 Å². The summed E-state index contributed by atoms with van der Waals surface area (Å²) in [6.07, 6.45) is 58.9. The van der Waals surface area contributed by atoms with Gasteiger partial charge in [0.25, 0.3) is 0 Å². The SMILES string of the molecule is CCCCCCCC/C=C/CC/C=C/CCCC(O)C(O)C(CO)NC(=O)CCCCCCCCCCCCCCCCCCCCCCCCCCCCCC. The zero-order valence-corrected chi connectivity index (χ0v) is 38.5. The lowest BCUT2D eigenvalue weighted by Crippen LogP contribution is -2.50. The fourth-order valence-electron chi connectivity index (χ4n) is 8.06. The largest absolute Gasteiger partial charge is 0.394 e. The molecule has 0 saturated carbocycles. The van der Waals surface area contributed by atoms with Gasteiger partial charge in [0.15, 0.2) is 0 Å². The van der Waals surface area contributed by atoms with Gasteiger partial charge in [-0.25, -0.2) is 0 Å². The van der Waals surface area contributed by atoms with Crippen LogP contribution in [0.3, 0.4) is 0 Å². The first kappa shape index (κ1) is 55.8. The molecular weight excluding hydrogens is 703 g/mol. The van der Waals surface area contributed by atoms with Gasteiger partial charge in [0.2, 0.25) is 5.91 Å². The summed E-state index contributed by atoms with van der Waals surface area (Å²) in [4.78, 5) is 12.5. The van der Waals surface area contributed by atoms with E-state index in [-0.39, 0.29) is 12.5 Å². The summed E-state index contributed by atoms with van der Waals surface area (Å²) in [5.74, 6) is -0.154. The van der Waals surface area contributed by atoms with Crippen molar-refractivity contribution in [1.82, 2.24) is 5.32 Å². The van der Waals surface area contributed by atoms with E-state index in [2.05, 4.69) is 43.5 Å². The van der Waals surface area contributed by atoms with Crippen LogP contribution in [-0.2, 0) is 4.79 Å². The molecule has 338 valence electrons. The monoisotopic (exact) mass is 804 g/mol. The van der Waals surface area contributed by atoms with E-state index in [0.29, 0.717) is 12.8 Å². The molecule has 0 rings (SSSR count). The molecule has 0 saturated heterocycles. The molecule has 3 unspecified atom stereocenters. The summed E-state index contributed by atoms with van der Waals surface area (Å²) in [5.41, 5.74) is 0. The van der Waals surface area contributed by atoms with E-state index >= 15 is 0 Å². The molecule has 0 aliphatic rings. The first-order valence-electron chi connectivity index (χ1n) is 25.6. The zero-order valence-electron chi connectivity index (χ0n) is 38.5. The van der Waals surface area contributed by atoms with Gasteiger partial charge in [-0.05, 0) is 51.4 Å². The predicted molar refractivity (Wildman–Crippen MR) is 250 cm³/mol. The van der Waals surface area contributed by atoms with Crippen molar-refractivity contribution in [2.24, 2.45) is 0 Å². The maximum atomic E-state index is 12.5. The molecular formula is C52H101NO4. The third-order valence-electron chi connectivity index (χ3n) is 12.0. The topological polar surface area (TPSA) is 89.8 Å².